The van der Waals surface area contributed by atoms with Gasteiger partial charge in [-0.25, -0.2) is 9.80 Å². The Hall–Kier alpha value is -0.850. The first-order valence-electron chi connectivity index (χ1n) is 5.33. The maximum absolute atomic E-state index is 11.9. The van der Waals surface area contributed by atoms with Crippen LogP contribution in [-0.2, 0) is 9.57 Å². The van der Waals surface area contributed by atoms with E-state index in [4.69, 9.17) is 14.7 Å². The third-order valence-corrected chi connectivity index (χ3v) is 2.24. The van der Waals surface area contributed by atoms with Crippen molar-refractivity contribution in [2.45, 2.75) is 38.8 Å². The summed E-state index contributed by atoms with van der Waals surface area (Å²) in [5, 5.41) is 11.9. The number of carbonyl (C=O) groups is 1. The lowest BCUT2D eigenvalue weighted by Gasteiger charge is -2.31. The van der Waals surface area contributed by atoms with Gasteiger partial charge in [0, 0.05) is 6.54 Å². The average Bonchev–Trinajstić information content (AvgIpc) is 2.57. The predicted octanol–water partition coefficient (Wildman–Crippen LogP) is 0.766. The molecule has 1 N–H and O–H groups in total. The molecule has 0 unspecified atom stereocenters. The summed E-state index contributed by atoms with van der Waals surface area (Å²) in [5.74, 6) is 0. The summed E-state index contributed by atoms with van der Waals surface area (Å²) in [6.45, 7) is 5.87. The molecule has 6 heteroatoms. The Balaban J connectivity index is 2.70. The van der Waals surface area contributed by atoms with E-state index >= 15 is 0 Å². The molecule has 16 heavy (non-hydrogen) atoms. The molecule has 0 aromatic carbocycles. The van der Waals surface area contributed by atoms with Crippen LogP contribution in [0.4, 0.5) is 4.79 Å². The van der Waals surface area contributed by atoms with Crippen LogP contribution in [0, 0.1) is 0 Å². The standard InChI is InChI=1S/C10H20N2O4/c1-10(2,3)16-9(14)12-8(7-13)5-6-11(12)15-4/h8,13H,5-7H2,1-4H3/t8-/m0/s1. The second-order valence-corrected chi connectivity index (χ2v) is 4.71. The number of hydrogen-bond donors (Lipinski definition) is 1. The SMILES string of the molecule is CON1CC[C@@H](CO)N1C(=O)OC(C)(C)C. The fraction of sp³-hybridized carbons (Fsp3) is 0.900. The zero-order valence-electron chi connectivity index (χ0n) is 10.3. The van der Waals surface area contributed by atoms with Gasteiger partial charge in [0.05, 0.1) is 19.8 Å². The molecular formula is C10H20N2O4. The van der Waals surface area contributed by atoms with Gasteiger partial charge < -0.3 is 9.84 Å². The molecule has 0 spiro atoms. The third kappa shape index (κ3) is 3.07. The molecule has 1 atom stereocenters. The van der Waals surface area contributed by atoms with Crippen molar-refractivity contribution in [2.24, 2.45) is 0 Å². The topological polar surface area (TPSA) is 62.2 Å². The van der Waals surface area contributed by atoms with Gasteiger partial charge in [-0.3, -0.25) is 4.84 Å². The second kappa shape index (κ2) is 4.99. The Bertz CT molecular complexity index is 240. The summed E-state index contributed by atoms with van der Waals surface area (Å²) in [4.78, 5) is 16.9. The van der Waals surface area contributed by atoms with E-state index in [1.165, 1.54) is 17.3 Å². The minimum absolute atomic E-state index is 0.0981. The van der Waals surface area contributed by atoms with Gasteiger partial charge in [-0.2, -0.15) is 0 Å². The molecule has 0 bridgehead atoms. The molecule has 0 saturated carbocycles. The molecule has 94 valence electrons. The molecule has 6 nitrogen and oxygen atoms in total. The van der Waals surface area contributed by atoms with Crippen molar-refractivity contribution >= 4 is 6.09 Å². The van der Waals surface area contributed by atoms with Crippen LogP contribution in [0.15, 0.2) is 0 Å². The van der Waals surface area contributed by atoms with Crippen LogP contribution < -0.4 is 0 Å². The highest BCUT2D eigenvalue weighted by atomic mass is 16.7. The van der Waals surface area contributed by atoms with Gasteiger partial charge in [0.2, 0.25) is 0 Å². The highest BCUT2D eigenvalue weighted by Gasteiger charge is 2.38. The Morgan fingerprint density at radius 3 is 2.56 bits per heavy atom. The van der Waals surface area contributed by atoms with E-state index in [9.17, 15) is 4.79 Å². The van der Waals surface area contributed by atoms with Crippen molar-refractivity contribution in [3.05, 3.63) is 0 Å². The molecule has 1 heterocycles. The van der Waals surface area contributed by atoms with Gasteiger partial charge in [-0.1, -0.05) is 5.17 Å². The highest BCUT2D eigenvalue weighted by molar-refractivity contribution is 5.68. The number of carbonyl (C=O) groups excluding carboxylic acids is 1. The Morgan fingerprint density at radius 1 is 1.50 bits per heavy atom. The minimum atomic E-state index is -0.556. The van der Waals surface area contributed by atoms with Crippen LogP contribution >= 0.6 is 0 Å². The van der Waals surface area contributed by atoms with Gasteiger partial charge in [-0.15, -0.1) is 0 Å². The van der Waals surface area contributed by atoms with Gasteiger partial charge in [0.15, 0.2) is 0 Å². The van der Waals surface area contributed by atoms with Crippen molar-refractivity contribution in [1.29, 1.82) is 0 Å². The number of aliphatic hydroxyl groups is 1. The second-order valence-electron chi connectivity index (χ2n) is 4.71. The first-order chi connectivity index (χ1) is 7.39. The Labute approximate surface area is 95.6 Å². The van der Waals surface area contributed by atoms with Gasteiger partial charge in [0.1, 0.15) is 5.60 Å². The predicted molar refractivity (Wildman–Crippen MR) is 57.3 cm³/mol. The van der Waals surface area contributed by atoms with Crippen LogP contribution in [0.25, 0.3) is 0 Å². The van der Waals surface area contributed by atoms with E-state index in [1.807, 2.05) is 0 Å². The average molecular weight is 232 g/mol. The number of nitrogens with zero attached hydrogens (tertiary/aromatic N) is 2. The number of hydrogen-bond acceptors (Lipinski definition) is 5. The fourth-order valence-electron chi connectivity index (χ4n) is 1.57. The van der Waals surface area contributed by atoms with Crippen molar-refractivity contribution in [3.63, 3.8) is 0 Å². The van der Waals surface area contributed by atoms with Crippen LogP contribution in [-0.4, -0.2) is 53.3 Å². The molecule has 1 rings (SSSR count). The maximum atomic E-state index is 11.9. The smallest absolute Gasteiger partial charge is 0.427 e. The number of hydroxylamine groups is 1. The van der Waals surface area contributed by atoms with Crippen LogP contribution in [0.1, 0.15) is 27.2 Å². The number of aliphatic hydroxyl groups excluding tert-OH is 1. The molecule has 1 aliphatic rings. The van der Waals surface area contributed by atoms with Crippen molar-refractivity contribution in [3.8, 4) is 0 Å². The first kappa shape index (κ1) is 13.2. The summed E-state index contributed by atoms with van der Waals surface area (Å²) in [6.07, 6.45) is 0.176. The summed E-state index contributed by atoms with van der Waals surface area (Å²) in [5.41, 5.74) is -0.556. The molecule has 1 aliphatic heterocycles. The molecular weight excluding hydrogens is 212 g/mol. The molecule has 0 aromatic heterocycles. The summed E-state index contributed by atoms with van der Waals surface area (Å²) in [6, 6.07) is -0.269. The third-order valence-electron chi connectivity index (χ3n) is 2.24. The fourth-order valence-corrected chi connectivity index (χ4v) is 1.57. The van der Waals surface area contributed by atoms with Crippen molar-refractivity contribution < 1.29 is 19.5 Å². The lowest BCUT2D eigenvalue weighted by molar-refractivity contribution is -0.238. The number of amides is 1. The summed E-state index contributed by atoms with van der Waals surface area (Å²) >= 11 is 0. The van der Waals surface area contributed by atoms with E-state index in [0.29, 0.717) is 13.0 Å². The lowest BCUT2D eigenvalue weighted by Crippen LogP contribution is -2.48. The molecule has 0 aromatic rings. The van der Waals surface area contributed by atoms with Crippen molar-refractivity contribution in [1.82, 2.24) is 10.2 Å². The highest BCUT2D eigenvalue weighted by Crippen LogP contribution is 2.21. The number of ether oxygens (including phenoxy) is 1. The van der Waals surface area contributed by atoms with Gasteiger partial charge >= 0.3 is 6.09 Å². The zero-order chi connectivity index (χ0) is 12.3. The van der Waals surface area contributed by atoms with Crippen molar-refractivity contribution in [2.75, 3.05) is 20.3 Å². The largest absolute Gasteiger partial charge is 0.443 e. The quantitative estimate of drug-likeness (QED) is 0.761. The monoisotopic (exact) mass is 232 g/mol. The first-order valence-corrected chi connectivity index (χ1v) is 5.33. The number of hydrazine groups is 1. The Kier molecular flexibility index (Phi) is 4.12. The molecule has 0 aliphatic carbocycles. The lowest BCUT2D eigenvalue weighted by atomic mass is 10.2. The molecule has 0 radical (unpaired) electrons. The molecule has 1 amide bonds. The van der Waals surface area contributed by atoms with Crippen LogP contribution in [0.3, 0.4) is 0 Å². The zero-order valence-corrected chi connectivity index (χ0v) is 10.3. The Morgan fingerprint density at radius 2 is 2.12 bits per heavy atom. The number of rotatable bonds is 2. The van der Waals surface area contributed by atoms with Gasteiger partial charge in [0.25, 0.3) is 0 Å². The van der Waals surface area contributed by atoms with Gasteiger partial charge in [-0.05, 0) is 27.2 Å². The van der Waals surface area contributed by atoms with E-state index in [2.05, 4.69) is 0 Å². The van der Waals surface area contributed by atoms with E-state index in [-0.39, 0.29) is 12.6 Å². The van der Waals surface area contributed by atoms with E-state index in [0.717, 1.165) is 0 Å². The van der Waals surface area contributed by atoms with E-state index in [1.54, 1.807) is 20.8 Å². The van der Waals surface area contributed by atoms with E-state index < -0.39 is 11.7 Å². The summed E-state index contributed by atoms with van der Waals surface area (Å²) < 4.78 is 5.24. The minimum Gasteiger partial charge on any atom is -0.443 e. The van der Waals surface area contributed by atoms with Crippen LogP contribution in [0.5, 0.6) is 0 Å². The normalized spacial score (nSPS) is 22.6. The molecule has 1 fully saturated rings. The summed E-state index contributed by atoms with van der Waals surface area (Å²) in [7, 11) is 1.48. The maximum Gasteiger partial charge on any atom is 0.427 e. The molecule has 1 saturated heterocycles. The van der Waals surface area contributed by atoms with Crippen LogP contribution in [0.2, 0.25) is 0 Å².